The van der Waals surface area contributed by atoms with Gasteiger partial charge in [-0.1, -0.05) is 12.1 Å². The van der Waals surface area contributed by atoms with Gasteiger partial charge in [0.2, 0.25) is 0 Å². The van der Waals surface area contributed by atoms with E-state index in [0.29, 0.717) is 0 Å². The van der Waals surface area contributed by atoms with E-state index >= 15 is 0 Å². The lowest BCUT2D eigenvalue weighted by molar-refractivity contribution is -0.201. The van der Waals surface area contributed by atoms with Crippen LogP contribution in [-0.4, -0.2) is 40.9 Å². The Morgan fingerprint density at radius 3 is 2.21 bits per heavy atom. The average molecular weight is 277 g/mol. The number of nitrogens with one attached hydrogen (secondary N) is 1. The average Bonchev–Trinajstić information content (AvgIpc) is 2.34. The van der Waals surface area contributed by atoms with E-state index in [9.17, 15) is 22.8 Å². The summed E-state index contributed by atoms with van der Waals surface area (Å²) in [5.41, 5.74) is -0.606. The smallest absolute Gasteiger partial charge is 0.416 e. The number of carbonyl (C=O) groups is 2. The highest BCUT2D eigenvalue weighted by atomic mass is 19.4. The molecule has 0 saturated carbocycles. The van der Waals surface area contributed by atoms with E-state index in [1.165, 1.54) is 18.2 Å². The molecule has 0 aliphatic heterocycles. The van der Waals surface area contributed by atoms with Gasteiger partial charge < -0.3 is 15.5 Å². The Bertz CT molecular complexity index is 487. The lowest BCUT2D eigenvalue weighted by Crippen LogP contribution is -2.41. The summed E-state index contributed by atoms with van der Waals surface area (Å²) in [4.78, 5) is 22.4. The Kier molecular flexibility index (Phi) is 4.49. The lowest BCUT2D eigenvalue weighted by Gasteiger charge is -2.15. The number of aromatic carboxylic acids is 1. The third-order valence-corrected chi connectivity index (χ3v) is 2.24. The van der Waals surface area contributed by atoms with Gasteiger partial charge in [-0.3, -0.25) is 4.79 Å². The molecule has 1 unspecified atom stereocenters. The summed E-state index contributed by atoms with van der Waals surface area (Å²) in [5.74, 6) is -2.37. The van der Waals surface area contributed by atoms with Gasteiger partial charge in [0.1, 0.15) is 0 Å². The summed E-state index contributed by atoms with van der Waals surface area (Å²) in [6, 6.07) is 5.07. The highest BCUT2D eigenvalue weighted by Crippen LogP contribution is 2.19. The number of aliphatic hydroxyl groups excluding tert-OH is 1. The van der Waals surface area contributed by atoms with Crippen LogP contribution < -0.4 is 5.32 Å². The molecule has 19 heavy (non-hydrogen) atoms. The first-order chi connectivity index (χ1) is 8.73. The molecule has 0 aromatic heterocycles. The van der Waals surface area contributed by atoms with Crippen molar-refractivity contribution in [2.24, 2.45) is 0 Å². The molecular weight excluding hydrogens is 267 g/mol. The molecule has 0 fully saturated rings. The zero-order valence-corrected chi connectivity index (χ0v) is 9.44. The maximum atomic E-state index is 12.0. The molecule has 1 aromatic carbocycles. The third kappa shape index (κ3) is 3.95. The predicted molar refractivity (Wildman–Crippen MR) is 57.8 cm³/mol. The number of carboxylic acids is 1. The van der Waals surface area contributed by atoms with Gasteiger partial charge >= 0.3 is 12.1 Å². The van der Waals surface area contributed by atoms with Gasteiger partial charge in [0, 0.05) is 0 Å². The highest BCUT2D eigenvalue weighted by molar-refractivity contribution is 6.04. The number of halogens is 3. The fourth-order valence-electron chi connectivity index (χ4n) is 1.27. The summed E-state index contributed by atoms with van der Waals surface area (Å²) in [7, 11) is 0. The number of aliphatic hydroxyl groups is 1. The SMILES string of the molecule is O=C(O)c1ccccc1C(=O)NCC(O)C(F)(F)F. The van der Waals surface area contributed by atoms with E-state index in [1.54, 1.807) is 0 Å². The van der Waals surface area contributed by atoms with E-state index < -0.39 is 30.7 Å². The molecule has 0 radical (unpaired) electrons. The summed E-state index contributed by atoms with van der Waals surface area (Å²) in [6.45, 7) is -1.05. The minimum Gasteiger partial charge on any atom is -0.478 e. The summed E-state index contributed by atoms with van der Waals surface area (Å²) >= 11 is 0. The van der Waals surface area contributed by atoms with Crippen LogP contribution in [0.1, 0.15) is 20.7 Å². The zero-order valence-electron chi connectivity index (χ0n) is 9.44. The highest BCUT2D eigenvalue weighted by Gasteiger charge is 2.38. The van der Waals surface area contributed by atoms with Crippen LogP contribution in [0.4, 0.5) is 13.2 Å². The van der Waals surface area contributed by atoms with Crippen LogP contribution in [0.3, 0.4) is 0 Å². The van der Waals surface area contributed by atoms with Crippen LogP contribution in [0.15, 0.2) is 24.3 Å². The first-order valence-corrected chi connectivity index (χ1v) is 5.08. The second-order valence-corrected chi connectivity index (χ2v) is 3.62. The lowest BCUT2D eigenvalue weighted by atomic mass is 10.1. The molecule has 0 aliphatic carbocycles. The van der Waals surface area contributed by atoms with Gasteiger partial charge in [-0.2, -0.15) is 13.2 Å². The molecule has 0 bridgehead atoms. The Morgan fingerprint density at radius 2 is 1.74 bits per heavy atom. The number of benzene rings is 1. The molecule has 5 nitrogen and oxygen atoms in total. The quantitative estimate of drug-likeness (QED) is 0.767. The molecule has 0 aliphatic rings. The number of hydrogen-bond acceptors (Lipinski definition) is 3. The number of carbonyl (C=O) groups excluding carboxylic acids is 1. The Labute approximate surface area is 105 Å². The van der Waals surface area contributed by atoms with E-state index in [2.05, 4.69) is 0 Å². The number of hydrogen-bond donors (Lipinski definition) is 3. The molecule has 1 amide bonds. The maximum absolute atomic E-state index is 12.0. The van der Waals surface area contributed by atoms with Gasteiger partial charge in [-0.05, 0) is 12.1 Å². The van der Waals surface area contributed by atoms with Crippen LogP contribution in [0, 0.1) is 0 Å². The van der Waals surface area contributed by atoms with E-state index in [0.717, 1.165) is 6.07 Å². The topological polar surface area (TPSA) is 86.6 Å². The molecule has 3 N–H and O–H groups in total. The number of alkyl halides is 3. The largest absolute Gasteiger partial charge is 0.478 e. The van der Waals surface area contributed by atoms with Crippen molar-refractivity contribution in [3.8, 4) is 0 Å². The molecule has 1 atom stereocenters. The van der Waals surface area contributed by atoms with Crippen LogP contribution >= 0.6 is 0 Å². The monoisotopic (exact) mass is 277 g/mol. The summed E-state index contributed by atoms with van der Waals surface area (Å²) in [5, 5.41) is 19.3. The Balaban J connectivity index is 2.77. The molecular formula is C11H10F3NO4. The van der Waals surface area contributed by atoms with Crippen molar-refractivity contribution in [3.05, 3.63) is 35.4 Å². The van der Waals surface area contributed by atoms with Crippen molar-refractivity contribution >= 4 is 11.9 Å². The van der Waals surface area contributed by atoms with Crippen LogP contribution in [0.5, 0.6) is 0 Å². The fraction of sp³-hybridized carbons (Fsp3) is 0.273. The normalized spacial score (nSPS) is 12.8. The molecule has 1 aromatic rings. The van der Waals surface area contributed by atoms with Crippen LogP contribution in [0.2, 0.25) is 0 Å². The second-order valence-electron chi connectivity index (χ2n) is 3.62. The zero-order chi connectivity index (χ0) is 14.6. The van der Waals surface area contributed by atoms with E-state index in [4.69, 9.17) is 10.2 Å². The minimum absolute atomic E-state index is 0.274. The molecule has 104 valence electrons. The molecule has 0 saturated heterocycles. The number of carboxylic acid groups (broad SMARTS) is 1. The van der Waals surface area contributed by atoms with Gasteiger partial charge in [-0.25, -0.2) is 4.79 Å². The molecule has 8 heteroatoms. The fourth-order valence-corrected chi connectivity index (χ4v) is 1.27. The second kappa shape index (κ2) is 5.70. The van der Waals surface area contributed by atoms with E-state index in [1.807, 2.05) is 5.32 Å². The standard InChI is InChI=1S/C11H10F3NO4/c12-11(13,14)8(16)5-15-9(17)6-3-1-2-4-7(6)10(18)19/h1-4,8,16H,5H2,(H,15,17)(H,18,19). The van der Waals surface area contributed by atoms with Crippen molar-refractivity contribution in [1.82, 2.24) is 5.32 Å². The van der Waals surface area contributed by atoms with Crippen LogP contribution in [-0.2, 0) is 0 Å². The van der Waals surface area contributed by atoms with E-state index in [-0.39, 0.29) is 11.1 Å². The first kappa shape index (κ1) is 15.0. The number of rotatable bonds is 4. The minimum atomic E-state index is -4.85. The Hall–Kier alpha value is -2.09. The third-order valence-electron chi connectivity index (χ3n) is 2.24. The van der Waals surface area contributed by atoms with Crippen molar-refractivity contribution in [2.75, 3.05) is 6.54 Å². The van der Waals surface area contributed by atoms with Crippen molar-refractivity contribution in [2.45, 2.75) is 12.3 Å². The van der Waals surface area contributed by atoms with Gasteiger partial charge in [-0.15, -0.1) is 0 Å². The van der Waals surface area contributed by atoms with Gasteiger partial charge in [0.15, 0.2) is 6.10 Å². The number of amides is 1. The Morgan fingerprint density at radius 1 is 1.21 bits per heavy atom. The summed E-state index contributed by atoms with van der Waals surface area (Å²) < 4.78 is 36.0. The van der Waals surface area contributed by atoms with Gasteiger partial charge in [0.05, 0.1) is 17.7 Å². The molecule has 0 spiro atoms. The van der Waals surface area contributed by atoms with Crippen molar-refractivity contribution in [1.29, 1.82) is 0 Å². The van der Waals surface area contributed by atoms with Crippen molar-refractivity contribution in [3.63, 3.8) is 0 Å². The van der Waals surface area contributed by atoms with Crippen molar-refractivity contribution < 1.29 is 33.0 Å². The maximum Gasteiger partial charge on any atom is 0.416 e. The van der Waals surface area contributed by atoms with Gasteiger partial charge in [0.25, 0.3) is 5.91 Å². The molecule has 1 rings (SSSR count). The first-order valence-electron chi connectivity index (χ1n) is 5.08. The van der Waals surface area contributed by atoms with Crippen LogP contribution in [0.25, 0.3) is 0 Å². The predicted octanol–water partition coefficient (Wildman–Crippen LogP) is 1.04. The summed E-state index contributed by atoms with van der Waals surface area (Å²) in [6.07, 6.45) is -7.55. The molecule has 0 heterocycles.